The van der Waals surface area contributed by atoms with Gasteiger partial charge < -0.3 is 26.3 Å². The molecule has 2 atom stereocenters. The minimum Gasteiger partial charge on any atom is -0.478 e. The van der Waals surface area contributed by atoms with E-state index < -0.39 is 50.8 Å². The predicted molar refractivity (Wildman–Crippen MR) is 121 cm³/mol. The Morgan fingerprint density at radius 3 is 2.56 bits per heavy atom. The summed E-state index contributed by atoms with van der Waals surface area (Å²) in [7, 11) is -4.92. The van der Waals surface area contributed by atoms with Gasteiger partial charge >= 0.3 is 16.3 Å². The number of β-lactam (4-membered cyclic amide) rings is 1. The molecule has 0 unspecified atom stereocenters. The highest BCUT2D eigenvalue weighted by atomic mass is 32.2. The maximum absolute atomic E-state index is 12.9. The molecule has 188 valence electrons. The van der Waals surface area contributed by atoms with Crippen LogP contribution in [0.25, 0.3) is 0 Å². The van der Waals surface area contributed by atoms with Crippen molar-refractivity contribution in [2.75, 3.05) is 18.0 Å². The molecule has 1 aromatic heterocycles. The van der Waals surface area contributed by atoms with E-state index >= 15 is 0 Å². The van der Waals surface area contributed by atoms with Crippen LogP contribution in [0.3, 0.4) is 0 Å². The summed E-state index contributed by atoms with van der Waals surface area (Å²) in [6, 6.07) is -1.40. The number of nitrogens with zero attached hydrogens (tertiary/aromatic N) is 3. The van der Waals surface area contributed by atoms with E-state index in [4.69, 9.17) is 10.6 Å². The van der Waals surface area contributed by atoms with Crippen LogP contribution in [0, 0.1) is 0 Å². The number of hydrogen-bond acceptors (Lipinski definition) is 12. The van der Waals surface area contributed by atoms with Gasteiger partial charge in [0.2, 0.25) is 11.5 Å². The quantitative estimate of drug-likeness (QED) is 0.0722. The van der Waals surface area contributed by atoms with Crippen LogP contribution in [0.4, 0.5) is 5.13 Å². The van der Waals surface area contributed by atoms with Crippen molar-refractivity contribution in [2.45, 2.75) is 37.8 Å². The molecule has 0 aromatic carbocycles. The molecule has 34 heavy (non-hydrogen) atoms. The minimum absolute atomic E-state index is 0.0664. The van der Waals surface area contributed by atoms with Crippen molar-refractivity contribution < 1.29 is 42.1 Å². The Bertz CT molecular complexity index is 1120. The first kappa shape index (κ1) is 27.3. The Hall–Kier alpha value is -2.96. The molecule has 1 saturated heterocycles. The van der Waals surface area contributed by atoms with E-state index in [-0.39, 0.29) is 33.3 Å². The minimum atomic E-state index is -4.92. The number of nitrogens with two attached hydrogens (primary N) is 1. The van der Waals surface area contributed by atoms with E-state index in [1.165, 1.54) is 26.2 Å². The number of anilines is 1. The lowest BCUT2D eigenvalue weighted by Crippen LogP contribution is -2.71. The third kappa shape index (κ3) is 6.55. The van der Waals surface area contributed by atoms with Gasteiger partial charge in [0, 0.05) is 24.6 Å². The van der Waals surface area contributed by atoms with E-state index in [1.807, 2.05) is 0 Å². The van der Waals surface area contributed by atoms with Crippen LogP contribution in [0.2, 0.25) is 0 Å². The van der Waals surface area contributed by atoms with Crippen molar-refractivity contribution in [3.05, 3.63) is 11.1 Å². The molecule has 0 aliphatic carbocycles. The molecule has 0 spiro atoms. The lowest BCUT2D eigenvalue weighted by molar-refractivity contribution is -0.161. The van der Waals surface area contributed by atoms with Gasteiger partial charge in [-0.05, 0) is 13.8 Å². The zero-order chi connectivity index (χ0) is 25.8. The number of carboxylic acid groups (broad SMARTS) is 1. The molecule has 2 rings (SSSR count). The number of hydrogen-bond donors (Lipinski definition) is 5. The number of aliphatic carboxylic acids is 1. The zero-order valence-corrected chi connectivity index (χ0v) is 20.5. The normalized spacial score (nSPS) is 18.8. The Balaban J connectivity index is 2.26. The van der Waals surface area contributed by atoms with E-state index in [9.17, 15) is 37.3 Å². The highest BCUT2D eigenvalue weighted by Gasteiger charge is 2.54. The molecule has 1 aliphatic heterocycles. The summed E-state index contributed by atoms with van der Waals surface area (Å²) >= 11 is 1.84. The fourth-order valence-corrected chi connectivity index (χ4v) is 5.26. The molecule has 15 nitrogen and oxygen atoms in total. The first-order chi connectivity index (χ1) is 15.6. The fourth-order valence-electron chi connectivity index (χ4n) is 2.40. The van der Waals surface area contributed by atoms with Crippen LogP contribution in [0.15, 0.2) is 10.5 Å². The first-order valence-corrected chi connectivity index (χ1v) is 12.7. The van der Waals surface area contributed by atoms with Gasteiger partial charge in [0.1, 0.15) is 17.1 Å². The number of thiazole rings is 1. The van der Waals surface area contributed by atoms with Gasteiger partial charge in [-0.2, -0.15) is 12.7 Å². The highest BCUT2D eigenvalue weighted by molar-refractivity contribution is 8.00. The second-order valence-electron chi connectivity index (χ2n) is 7.22. The smallest absolute Gasteiger partial charge is 0.363 e. The van der Waals surface area contributed by atoms with Crippen molar-refractivity contribution >= 4 is 67.9 Å². The standard InChI is InChI=1S/C16H22N6O9S3/c1-7(23)18-4-5-32-13-10(12(25)22(13)34(28,29)30)20-11(24)9(8-6-33-15(17)19-8)21-31-16(2,3)14(26)27/h6,10,13H,4-5H2,1-3H3,(H2,17,19)(H,18,23)(H,20,24)(H,26,27)(H,28,29,30)/t10-,13-/m1/s1. The molecule has 6 N–H and O–H groups in total. The van der Waals surface area contributed by atoms with E-state index in [0.29, 0.717) is 0 Å². The van der Waals surface area contributed by atoms with Gasteiger partial charge in [-0.3, -0.25) is 18.9 Å². The number of amides is 3. The molecular formula is C16H22N6O9S3. The van der Waals surface area contributed by atoms with Crippen LogP contribution < -0.4 is 16.4 Å². The van der Waals surface area contributed by atoms with Crippen molar-refractivity contribution in [3.8, 4) is 0 Å². The third-order valence-electron chi connectivity index (χ3n) is 4.16. The fraction of sp³-hybridized carbons (Fsp3) is 0.500. The van der Waals surface area contributed by atoms with Crippen molar-refractivity contribution in [2.24, 2.45) is 5.16 Å². The van der Waals surface area contributed by atoms with E-state index in [2.05, 4.69) is 20.8 Å². The Kier molecular flexibility index (Phi) is 8.45. The second kappa shape index (κ2) is 10.5. The Labute approximate surface area is 202 Å². The zero-order valence-electron chi connectivity index (χ0n) is 18.0. The predicted octanol–water partition coefficient (Wildman–Crippen LogP) is -1.37. The average Bonchev–Trinajstić information content (AvgIpc) is 3.12. The van der Waals surface area contributed by atoms with E-state index in [0.717, 1.165) is 23.1 Å². The molecule has 2 heterocycles. The molecule has 1 aliphatic rings. The molecular weight excluding hydrogens is 516 g/mol. The summed E-state index contributed by atoms with van der Waals surface area (Å²) in [5.41, 5.74) is 3.18. The summed E-state index contributed by atoms with van der Waals surface area (Å²) < 4.78 is 32.7. The largest absolute Gasteiger partial charge is 0.478 e. The molecule has 18 heteroatoms. The van der Waals surface area contributed by atoms with Crippen LogP contribution in [0.5, 0.6) is 0 Å². The monoisotopic (exact) mass is 538 g/mol. The van der Waals surface area contributed by atoms with Crippen molar-refractivity contribution in [3.63, 3.8) is 0 Å². The number of carbonyl (C=O) groups is 4. The number of nitrogens with one attached hydrogen (secondary N) is 2. The summed E-state index contributed by atoms with van der Waals surface area (Å²) in [6.45, 7) is 3.79. The molecule has 0 radical (unpaired) electrons. The molecule has 3 amide bonds. The SMILES string of the molecule is CC(=O)NCCS[C@@H]1[C@H](NC(=O)C(=NOC(C)(C)C(=O)O)c2csc(N)n2)C(=O)N1S(=O)(=O)O. The first-order valence-electron chi connectivity index (χ1n) is 9.33. The van der Waals surface area contributed by atoms with Crippen LogP contribution in [0.1, 0.15) is 26.5 Å². The lowest BCUT2D eigenvalue weighted by atomic mass is 10.1. The number of rotatable bonds is 11. The Morgan fingerprint density at radius 1 is 1.41 bits per heavy atom. The van der Waals surface area contributed by atoms with Crippen molar-refractivity contribution in [1.29, 1.82) is 0 Å². The second-order valence-corrected chi connectivity index (χ2v) is 10.6. The number of carboxylic acids is 1. The number of thioether (sulfide) groups is 1. The van der Waals surface area contributed by atoms with Gasteiger partial charge in [0.15, 0.2) is 10.8 Å². The topological polar surface area (TPSA) is 231 Å². The molecule has 1 fully saturated rings. The Morgan fingerprint density at radius 2 is 2.06 bits per heavy atom. The summed E-state index contributed by atoms with van der Waals surface area (Å²) in [5.74, 6) is -3.70. The highest BCUT2D eigenvalue weighted by Crippen LogP contribution is 2.32. The maximum atomic E-state index is 12.9. The van der Waals surface area contributed by atoms with Gasteiger partial charge in [0.25, 0.3) is 11.8 Å². The lowest BCUT2D eigenvalue weighted by Gasteiger charge is -2.43. The van der Waals surface area contributed by atoms with Crippen LogP contribution in [-0.2, 0) is 34.3 Å². The van der Waals surface area contributed by atoms with Crippen molar-refractivity contribution in [1.82, 2.24) is 19.9 Å². The molecule has 0 bridgehead atoms. The van der Waals surface area contributed by atoms with Gasteiger partial charge in [-0.15, -0.1) is 23.1 Å². The number of nitrogen functional groups attached to an aromatic ring is 1. The van der Waals surface area contributed by atoms with Gasteiger partial charge in [-0.25, -0.2) is 9.78 Å². The average molecular weight is 539 g/mol. The maximum Gasteiger partial charge on any atom is 0.363 e. The van der Waals surface area contributed by atoms with Crippen LogP contribution in [-0.4, -0.2) is 86.1 Å². The van der Waals surface area contributed by atoms with Crippen LogP contribution >= 0.6 is 23.1 Å². The summed E-state index contributed by atoms with van der Waals surface area (Å²) in [4.78, 5) is 56.4. The van der Waals surface area contributed by atoms with E-state index in [1.54, 1.807) is 0 Å². The number of oxime groups is 1. The van der Waals surface area contributed by atoms with Gasteiger partial charge in [-0.1, -0.05) is 5.16 Å². The third-order valence-corrected chi connectivity index (χ3v) is 7.14. The summed E-state index contributed by atoms with van der Waals surface area (Å²) in [5, 5.41) is 17.7. The molecule has 1 aromatic rings. The number of carbonyl (C=O) groups excluding carboxylic acids is 3. The summed E-state index contributed by atoms with van der Waals surface area (Å²) in [6.07, 6.45) is 0. The van der Waals surface area contributed by atoms with Gasteiger partial charge in [0.05, 0.1) is 0 Å². The number of aromatic nitrogens is 1. The molecule has 0 saturated carbocycles.